The Morgan fingerprint density at radius 2 is 1.73 bits per heavy atom. The van der Waals surface area contributed by atoms with Gasteiger partial charge in [-0.3, -0.25) is 4.79 Å². The summed E-state index contributed by atoms with van der Waals surface area (Å²) in [5.41, 5.74) is 0.633. The van der Waals surface area contributed by atoms with Gasteiger partial charge in [-0.1, -0.05) is 47.5 Å². The lowest BCUT2D eigenvalue weighted by Crippen LogP contribution is -2.43. The van der Waals surface area contributed by atoms with E-state index in [1.807, 2.05) is 6.07 Å². The van der Waals surface area contributed by atoms with Crippen LogP contribution in [0.1, 0.15) is 6.42 Å². The number of carbonyl (C=O) groups excluding carboxylic acids is 1. The third-order valence-electron chi connectivity index (χ3n) is 4.14. The molecule has 1 amide bonds. The van der Waals surface area contributed by atoms with Gasteiger partial charge in [-0.2, -0.15) is 0 Å². The second-order valence-corrected chi connectivity index (χ2v) is 9.04. The van der Waals surface area contributed by atoms with Gasteiger partial charge in [0.15, 0.2) is 22.2 Å². The summed E-state index contributed by atoms with van der Waals surface area (Å²) in [6.45, 7) is -0.297. The lowest BCUT2D eigenvalue weighted by Gasteiger charge is -2.28. The molecule has 1 atom stereocenters. The zero-order chi connectivity index (χ0) is 18.7. The monoisotopic (exact) mass is 413 g/mol. The Morgan fingerprint density at radius 1 is 1.08 bits per heavy atom. The van der Waals surface area contributed by atoms with Crippen molar-refractivity contribution in [3.05, 3.63) is 58.6 Å². The van der Waals surface area contributed by atoms with E-state index in [2.05, 4.69) is 0 Å². The number of hydrogen-bond acceptors (Lipinski definition) is 4. The molecular weight excluding hydrogens is 397 g/mol. The van der Waals surface area contributed by atoms with E-state index in [0.29, 0.717) is 22.2 Å². The quantitative estimate of drug-likeness (QED) is 0.750. The normalized spacial score (nSPS) is 18.5. The van der Waals surface area contributed by atoms with Gasteiger partial charge >= 0.3 is 0 Å². The fourth-order valence-electron chi connectivity index (χ4n) is 2.95. The van der Waals surface area contributed by atoms with Crippen LogP contribution < -0.4 is 9.64 Å². The van der Waals surface area contributed by atoms with Crippen LogP contribution in [0.2, 0.25) is 10.0 Å². The number of halogens is 2. The largest absolute Gasteiger partial charge is 0.481 e. The average molecular weight is 414 g/mol. The van der Waals surface area contributed by atoms with Crippen molar-refractivity contribution in [2.24, 2.45) is 0 Å². The molecule has 1 aliphatic heterocycles. The smallest absolute Gasteiger partial charge is 0.265 e. The van der Waals surface area contributed by atoms with Crippen LogP contribution in [-0.4, -0.2) is 38.5 Å². The number of amides is 1. The Morgan fingerprint density at radius 3 is 2.31 bits per heavy atom. The molecule has 2 aromatic rings. The van der Waals surface area contributed by atoms with Gasteiger partial charge in [0, 0.05) is 5.69 Å². The maximum Gasteiger partial charge on any atom is 0.265 e. The van der Waals surface area contributed by atoms with E-state index in [1.165, 1.54) is 4.90 Å². The first-order valence-electron chi connectivity index (χ1n) is 8.02. The molecule has 26 heavy (non-hydrogen) atoms. The van der Waals surface area contributed by atoms with E-state index in [-0.39, 0.29) is 29.8 Å². The SMILES string of the molecule is O=C(COc1c(Cl)cccc1Cl)N(c1ccccc1)[C@@H]1CCS(=O)(=O)C1. The predicted molar refractivity (Wildman–Crippen MR) is 103 cm³/mol. The average Bonchev–Trinajstić information content (AvgIpc) is 2.95. The van der Waals surface area contributed by atoms with E-state index >= 15 is 0 Å². The molecule has 0 aliphatic carbocycles. The second kappa shape index (κ2) is 7.86. The van der Waals surface area contributed by atoms with E-state index < -0.39 is 15.9 Å². The van der Waals surface area contributed by atoms with E-state index in [0.717, 1.165) is 0 Å². The van der Waals surface area contributed by atoms with Crippen LogP contribution in [0.25, 0.3) is 0 Å². The topological polar surface area (TPSA) is 63.7 Å². The Bertz CT molecular complexity index is 882. The Kier molecular flexibility index (Phi) is 5.75. The molecular formula is C18H17Cl2NO4S. The first kappa shape index (κ1) is 19.0. The van der Waals surface area contributed by atoms with Gasteiger partial charge in [0.05, 0.1) is 27.6 Å². The van der Waals surface area contributed by atoms with Crippen LogP contribution in [0.15, 0.2) is 48.5 Å². The number of anilines is 1. The maximum absolute atomic E-state index is 12.9. The Hall–Kier alpha value is -1.76. The molecule has 0 saturated carbocycles. The van der Waals surface area contributed by atoms with Crippen LogP contribution in [-0.2, 0) is 14.6 Å². The van der Waals surface area contributed by atoms with Gasteiger partial charge < -0.3 is 9.64 Å². The first-order valence-corrected chi connectivity index (χ1v) is 10.6. The highest BCUT2D eigenvalue weighted by Gasteiger charge is 2.35. The highest BCUT2D eigenvalue weighted by molar-refractivity contribution is 7.91. The van der Waals surface area contributed by atoms with Crippen LogP contribution in [0, 0.1) is 0 Å². The summed E-state index contributed by atoms with van der Waals surface area (Å²) in [6.07, 6.45) is 0.399. The highest BCUT2D eigenvalue weighted by atomic mass is 35.5. The third kappa shape index (κ3) is 4.31. The molecule has 2 aromatic carbocycles. The predicted octanol–water partition coefficient (Wildman–Crippen LogP) is 3.59. The summed E-state index contributed by atoms with van der Waals surface area (Å²) in [5.74, 6) is -0.100. The van der Waals surface area contributed by atoms with Crippen LogP contribution in [0.5, 0.6) is 5.75 Å². The minimum Gasteiger partial charge on any atom is -0.481 e. The molecule has 0 spiro atoms. The lowest BCUT2D eigenvalue weighted by molar-refractivity contribution is -0.121. The number of nitrogens with zero attached hydrogens (tertiary/aromatic N) is 1. The van der Waals surface area contributed by atoms with Crippen molar-refractivity contribution < 1.29 is 17.9 Å². The number of para-hydroxylation sites is 2. The molecule has 1 fully saturated rings. The number of benzene rings is 2. The first-order chi connectivity index (χ1) is 12.4. The fraction of sp³-hybridized carbons (Fsp3) is 0.278. The van der Waals surface area contributed by atoms with Crippen molar-refractivity contribution in [3.8, 4) is 5.75 Å². The van der Waals surface area contributed by atoms with Crippen molar-refractivity contribution in [1.82, 2.24) is 0 Å². The molecule has 0 unspecified atom stereocenters. The molecule has 1 saturated heterocycles. The highest BCUT2D eigenvalue weighted by Crippen LogP contribution is 2.32. The van der Waals surface area contributed by atoms with Gasteiger partial charge in [-0.05, 0) is 30.7 Å². The molecule has 1 aliphatic rings. The van der Waals surface area contributed by atoms with Crippen LogP contribution in [0.3, 0.4) is 0 Å². The van der Waals surface area contributed by atoms with Crippen LogP contribution >= 0.6 is 23.2 Å². The number of hydrogen-bond donors (Lipinski definition) is 0. The minimum absolute atomic E-state index is 0.0551. The summed E-state index contributed by atoms with van der Waals surface area (Å²) in [5, 5.41) is 0.611. The third-order valence-corrected chi connectivity index (χ3v) is 6.48. The molecule has 3 rings (SSSR count). The molecule has 138 valence electrons. The summed E-state index contributed by atoms with van der Waals surface area (Å²) in [6, 6.07) is 13.5. The van der Waals surface area contributed by atoms with Crippen LogP contribution in [0.4, 0.5) is 5.69 Å². The zero-order valence-corrected chi connectivity index (χ0v) is 16.1. The van der Waals surface area contributed by atoms with Gasteiger partial charge in [-0.25, -0.2) is 8.42 Å². The summed E-state index contributed by atoms with van der Waals surface area (Å²) >= 11 is 12.1. The van der Waals surface area contributed by atoms with Crippen molar-refractivity contribution in [2.45, 2.75) is 12.5 Å². The molecule has 8 heteroatoms. The van der Waals surface area contributed by atoms with Crippen molar-refractivity contribution in [2.75, 3.05) is 23.0 Å². The minimum atomic E-state index is -3.14. The van der Waals surface area contributed by atoms with Crippen molar-refractivity contribution in [3.63, 3.8) is 0 Å². The Balaban J connectivity index is 1.82. The molecule has 0 radical (unpaired) electrons. The molecule has 5 nitrogen and oxygen atoms in total. The lowest BCUT2D eigenvalue weighted by atomic mass is 10.2. The van der Waals surface area contributed by atoms with Gasteiger partial charge in [-0.15, -0.1) is 0 Å². The molecule has 0 aromatic heterocycles. The molecule has 0 N–H and O–H groups in total. The fourth-order valence-corrected chi connectivity index (χ4v) is 5.16. The van der Waals surface area contributed by atoms with Gasteiger partial charge in [0.1, 0.15) is 0 Å². The molecule has 1 heterocycles. The van der Waals surface area contributed by atoms with Crippen molar-refractivity contribution >= 4 is 44.6 Å². The summed E-state index contributed by atoms with van der Waals surface area (Å²) < 4.78 is 29.3. The Labute approximate surface area is 162 Å². The van der Waals surface area contributed by atoms with Gasteiger partial charge in [0.2, 0.25) is 0 Å². The number of rotatable bonds is 5. The molecule has 0 bridgehead atoms. The number of sulfone groups is 1. The standard InChI is InChI=1S/C18H17Cl2NO4S/c19-15-7-4-8-16(20)18(15)25-11-17(22)21(13-5-2-1-3-6-13)14-9-10-26(23,24)12-14/h1-8,14H,9-12H2/t14-/m1/s1. The number of carbonyl (C=O) groups is 1. The maximum atomic E-state index is 12.9. The van der Waals surface area contributed by atoms with E-state index in [9.17, 15) is 13.2 Å². The summed E-state index contributed by atoms with van der Waals surface area (Å²) in [4.78, 5) is 14.4. The zero-order valence-electron chi connectivity index (χ0n) is 13.8. The van der Waals surface area contributed by atoms with Gasteiger partial charge in [0.25, 0.3) is 5.91 Å². The van der Waals surface area contributed by atoms with Crippen molar-refractivity contribution in [1.29, 1.82) is 0 Å². The summed E-state index contributed by atoms with van der Waals surface area (Å²) in [7, 11) is -3.14. The second-order valence-electron chi connectivity index (χ2n) is 6.00. The van der Waals surface area contributed by atoms with E-state index in [4.69, 9.17) is 27.9 Å². The van der Waals surface area contributed by atoms with E-state index in [1.54, 1.807) is 42.5 Å². The number of ether oxygens (including phenoxy) is 1.